The molecule has 3 N–H and O–H groups in total. The van der Waals surface area contributed by atoms with Crippen molar-refractivity contribution < 1.29 is 5.11 Å². The normalized spacial score (nSPS) is 19.6. The minimum absolute atomic E-state index is 0.000760. The van der Waals surface area contributed by atoms with E-state index in [1.807, 2.05) is 30.3 Å². The molecule has 2 rings (SSSR count). The molecule has 1 atom stereocenters. The van der Waals surface area contributed by atoms with Crippen LogP contribution in [0.5, 0.6) is 0 Å². The topological polar surface area (TPSA) is 49.5 Å². The van der Waals surface area contributed by atoms with Gasteiger partial charge in [0, 0.05) is 12.6 Å². The molecule has 1 saturated carbocycles. The number of nitrogens with two attached hydrogens (primary N) is 1. The maximum Gasteiger partial charge on any atom is 0.0656 e. The summed E-state index contributed by atoms with van der Waals surface area (Å²) in [5, 5.41) is 9.79. The lowest BCUT2D eigenvalue weighted by molar-refractivity contribution is 0.126. The molecular weight excluding hydrogens is 260 g/mol. The van der Waals surface area contributed by atoms with Crippen molar-refractivity contribution in [3.05, 3.63) is 35.9 Å². The maximum absolute atomic E-state index is 9.79. The summed E-state index contributed by atoms with van der Waals surface area (Å²) < 4.78 is 0. The van der Waals surface area contributed by atoms with Crippen LogP contribution in [0.25, 0.3) is 0 Å². The van der Waals surface area contributed by atoms with Gasteiger partial charge in [-0.1, -0.05) is 56.5 Å². The Bertz CT molecular complexity index is 403. The predicted octanol–water partition coefficient (Wildman–Crippen LogP) is 2.88. The minimum atomic E-state index is -0.622. The second-order valence-corrected chi connectivity index (χ2v) is 6.35. The molecule has 3 nitrogen and oxygen atoms in total. The number of rotatable bonds is 7. The number of benzene rings is 1. The van der Waals surface area contributed by atoms with Gasteiger partial charge >= 0.3 is 0 Å². The van der Waals surface area contributed by atoms with Crippen LogP contribution in [0, 0.1) is 0 Å². The zero-order valence-corrected chi connectivity index (χ0v) is 13.3. The van der Waals surface area contributed by atoms with Crippen molar-refractivity contribution >= 4 is 0 Å². The van der Waals surface area contributed by atoms with Gasteiger partial charge in [0.05, 0.1) is 12.1 Å². The van der Waals surface area contributed by atoms with Crippen LogP contribution in [0.3, 0.4) is 0 Å². The Morgan fingerprint density at radius 1 is 1.19 bits per heavy atom. The second kappa shape index (κ2) is 7.92. The Hall–Kier alpha value is -0.900. The molecular formula is C18H30N2O. The molecule has 3 heteroatoms. The SMILES string of the molecule is CCN(CCC(N)(CO)c1ccccc1)C1CCCCC1. The van der Waals surface area contributed by atoms with Crippen LogP contribution in [-0.4, -0.2) is 35.7 Å². The summed E-state index contributed by atoms with van der Waals surface area (Å²) in [6.07, 6.45) is 7.53. The van der Waals surface area contributed by atoms with Crippen molar-refractivity contribution in [2.24, 2.45) is 5.73 Å². The van der Waals surface area contributed by atoms with Gasteiger partial charge in [-0.25, -0.2) is 0 Å². The van der Waals surface area contributed by atoms with E-state index < -0.39 is 5.54 Å². The van der Waals surface area contributed by atoms with Gasteiger partial charge in [-0.15, -0.1) is 0 Å². The standard InChI is InChI=1S/C18H30N2O/c1-2-20(17-11-7-4-8-12-17)14-13-18(19,15-21)16-9-5-3-6-10-16/h3,5-6,9-10,17,21H,2,4,7-8,11-15,19H2,1H3. The summed E-state index contributed by atoms with van der Waals surface area (Å²) in [6.45, 7) is 4.27. The highest BCUT2D eigenvalue weighted by molar-refractivity contribution is 5.24. The monoisotopic (exact) mass is 290 g/mol. The summed E-state index contributed by atoms with van der Waals surface area (Å²) in [5.74, 6) is 0. The molecule has 0 heterocycles. The zero-order chi connectivity index (χ0) is 15.1. The Labute approximate surface area is 129 Å². The fourth-order valence-electron chi connectivity index (χ4n) is 3.47. The van der Waals surface area contributed by atoms with Crippen molar-refractivity contribution in [1.29, 1.82) is 0 Å². The lowest BCUT2D eigenvalue weighted by Crippen LogP contribution is -2.46. The lowest BCUT2D eigenvalue weighted by atomic mass is 9.87. The lowest BCUT2D eigenvalue weighted by Gasteiger charge is -2.36. The molecule has 118 valence electrons. The third-order valence-electron chi connectivity index (χ3n) is 4.97. The zero-order valence-electron chi connectivity index (χ0n) is 13.3. The van der Waals surface area contributed by atoms with E-state index in [2.05, 4.69) is 11.8 Å². The molecule has 1 unspecified atom stereocenters. The molecule has 0 radical (unpaired) electrons. The van der Waals surface area contributed by atoms with E-state index in [4.69, 9.17) is 5.73 Å². The van der Waals surface area contributed by atoms with Crippen molar-refractivity contribution in [3.8, 4) is 0 Å². The number of hydrogen-bond donors (Lipinski definition) is 2. The van der Waals surface area contributed by atoms with E-state index in [-0.39, 0.29) is 6.61 Å². The average molecular weight is 290 g/mol. The first-order valence-corrected chi connectivity index (χ1v) is 8.39. The molecule has 0 saturated heterocycles. The van der Waals surface area contributed by atoms with Gasteiger partial charge in [-0.3, -0.25) is 0 Å². The van der Waals surface area contributed by atoms with Crippen molar-refractivity contribution in [3.63, 3.8) is 0 Å². The van der Waals surface area contributed by atoms with E-state index >= 15 is 0 Å². The molecule has 1 aromatic rings. The largest absolute Gasteiger partial charge is 0.394 e. The first-order valence-electron chi connectivity index (χ1n) is 8.39. The van der Waals surface area contributed by atoms with Gasteiger partial charge < -0.3 is 15.7 Å². The molecule has 0 amide bonds. The Kier molecular flexibility index (Phi) is 6.22. The molecule has 0 aromatic heterocycles. The highest BCUT2D eigenvalue weighted by atomic mass is 16.3. The summed E-state index contributed by atoms with van der Waals surface area (Å²) >= 11 is 0. The van der Waals surface area contributed by atoms with E-state index in [1.54, 1.807) is 0 Å². The first-order chi connectivity index (χ1) is 10.2. The van der Waals surface area contributed by atoms with Crippen LogP contribution in [0.1, 0.15) is 51.0 Å². The van der Waals surface area contributed by atoms with Crippen LogP contribution in [-0.2, 0) is 5.54 Å². The van der Waals surface area contributed by atoms with Crippen molar-refractivity contribution in [2.45, 2.75) is 57.0 Å². The van der Waals surface area contributed by atoms with Crippen LogP contribution in [0.15, 0.2) is 30.3 Å². The Morgan fingerprint density at radius 3 is 2.43 bits per heavy atom. The highest BCUT2D eigenvalue weighted by Gasteiger charge is 2.28. The van der Waals surface area contributed by atoms with Gasteiger partial charge in [0.25, 0.3) is 0 Å². The van der Waals surface area contributed by atoms with Crippen LogP contribution in [0.4, 0.5) is 0 Å². The van der Waals surface area contributed by atoms with E-state index in [0.717, 1.165) is 25.1 Å². The van der Waals surface area contributed by atoms with E-state index in [0.29, 0.717) is 6.04 Å². The summed E-state index contributed by atoms with van der Waals surface area (Å²) in [6, 6.07) is 10.7. The summed E-state index contributed by atoms with van der Waals surface area (Å²) in [5.41, 5.74) is 6.89. The molecule has 21 heavy (non-hydrogen) atoms. The summed E-state index contributed by atoms with van der Waals surface area (Å²) in [4.78, 5) is 2.55. The second-order valence-electron chi connectivity index (χ2n) is 6.35. The minimum Gasteiger partial charge on any atom is -0.394 e. The fraction of sp³-hybridized carbons (Fsp3) is 0.667. The van der Waals surface area contributed by atoms with Gasteiger partial charge in [-0.2, -0.15) is 0 Å². The van der Waals surface area contributed by atoms with Gasteiger partial charge in [0.15, 0.2) is 0 Å². The predicted molar refractivity (Wildman–Crippen MR) is 88.1 cm³/mol. The fourth-order valence-corrected chi connectivity index (χ4v) is 3.47. The average Bonchev–Trinajstić information content (AvgIpc) is 2.57. The summed E-state index contributed by atoms with van der Waals surface area (Å²) in [7, 11) is 0. The molecule has 0 bridgehead atoms. The number of aliphatic hydroxyl groups excluding tert-OH is 1. The van der Waals surface area contributed by atoms with Gasteiger partial charge in [0.2, 0.25) is 0 Å². The Morgan fingerprint density at radius 2 is 1.86 bits per heavy atom. The molecule has 0 aliphatic heterocycles. The number of hydrogen-bond acceptors (Lipinski definition) is 3. The van der Waals surface area contributed by atoms with Crippen molar-refractivity contribution in [1.82, 2.24) is 4.90 Å². The third kappa shape index (κ3) is 4.29. The molecule has 1 aliphatic carbocycles. The molecule has 1 aliphatic rings. The third-order valence-corrected chi connectivity index (χ3v) is 4.97. The number of nitrogens with zero attached hydrogens (tertiary/aromatic N) is 1. The maximum atomic E-state index is 9.79. The first kappa shape index (κ1) is 16.5. The molecule has 0 spiro atoms. The number of aliphatic hydroxyl groups is 1. The molecule has 1 fully saturated rings. The Balaban J connectivity index is 1.97. The van der Waals surface area contributed by atoms with Crippen LogP contribution in [0.2, 0.25) is 0 Å². The molecule has 1 aromatic carbocycles. The van der Waals surface area contributed by atoms with Gasteiger partial charge in [0.1, 0.15) is 0 Å². The quantitative estimate of drug-likeness (QED) is 0.812. The highest BCUT2D eigenvalue weighted by Crippen LogP contribution is 2.26. The smallest absolute Gasteiger partial charge is 0.0656 e. The van der Waals surface area contributed by atoms with E-state index in [9.17, 15) is 5.11 Å². The van der Waals surface area contributed by atoms with Crippen molar-refractivity contribution in [2.75, 3.05) is 19.7 Å². The van der Waals surface area contributed by atoms with E-state index in [1.165, 1.54) is 32.1 Å². The van der Waals surface area contributed by atoms with Crippen LogP contribution >= 0.6 is 0 Å². The van der Waals surface area contributed by atoms with Gasteiger partial charge in [-0.05, 0) is 31.4 Å². The van der Waals surface area contributed by atoms with Crippen LogP contribution < -0.4 is 5.73 Å².